The van der Waals surface area contributed by atoms with Crippen LogP contribution in [0.3, 0.4) is 0 Å². The Morgan fingerprint density at radius 3 is 2.81 bits per heavy atom. The van der Waals surface area contributed by atoms with E-state index in [4.69, 9.17) is 16.3 Å². The van der Waals surface area contributed by atoms with Crippen molar-refractivity contribution in [1.82, 2.24) is 9.55 Å². The van der Waals surface area contributed by atoms with Gasteiger partial charge < -0.3 is 14.6 Å². The highest BCUT2D eigenvalue weighted by Crippen LogP contribution is 2.17. The number of benzene rings is 1. The van der Waals surface area contributed by atoms with Crippen LogP contribution in [0.15, 0.2) is 65.8 Å². The lowest BCUT2D eigenvalue weighted by Crippen LogP contribution is -2.21. The van der Waals surface area contributed by atoms with E-state index in [0.717, 1.165) is 5.56 Å². The van der Waals surface area contributed by atoms with Crippen LogP contribution < -0.4 is 15.5 Å². The van der Waals surface area contributed by atoms with Crippen molar-refractivity contribution in [2.24, 2.45) is 7.05 Å². The summed E-state index contributed by atoms with van der Waals surface area (Å²) in [4.78, 5) is 28.6. The van der Waals surface area contributed by atoms with Crippen LogP contribution in [0.5, 0.6) is 5.75 Å². The molecule has 0 aliphatic carbocycles. The van der Waals surface area contributed by atoms with E-state index in [0.29, 0.717) is 10.7 Å². The first kappa shape index (κ1) is 17.7. The van der Waals surface area contributed by atoms with Gasteiger partial charge in [-0.1, -0.05) is 29.8 Å². The molecule has 0 saturated heterocycles. The Labute approximate surface area is 155 Å². The molecule has 6 nitrogen and oxygen atoms in total. The number of ether oxygens (including phenoxy) is 1. The van der Waals surface area contributed by atoms with Crippen molar-refractivity contribution < 1.29 is 9.53 Å². The number of nitrogens with zero attached hydrogens (tertiary/aromatic N) is 2. The Hall–Kier alpha value is -3.12. The minimum Gasteiger partial charge on any atom is -0.483 e. The molecule has 7 heteroatoms. The minimum absolute atomic E-state index is 0.144. The van der Waals surface area contributed by atoms with E-state index >= 15 is 0 Å². The van der Waals surface area contributed by atoms with Crippen molar-refractivity contribution in [3.63, 3.8) is 0 Å². The molecule has 0 unspecified atom stereocenters. The Morgan fingerprint density at radius 2 is 2.08 bits per heavy atom. The number of anilines is 1. The molecule has 1 aromatic carbocycles. The normalized spacial score (nSPS) is 10.4. The van der Waals surface area contributed by atoms with E-state index in [-0.39, 0.29) is 23.5 Å². The molecule has 1 amide bonds. The maximum Gasteiger partial charge on any atom is 0.272 e. The molecule has 0 fully saturated rings. The zero-order valence-electron chi connectivity index (χ0n) is 14.0. The molecule has 132 valence electrons. The molecule has 0 spiro atoms. The van der Waals surface area contributed by atoms with Gasteiger partial charge in [-0.3, -0.25) is 14.6 Å². The molecule has 3 aromatic rings. The van der Waals surface area contributed by atoms with Gasteiger partial charge in [-0.05, 0) is 18.2 Å². The molecular weight excluding hydrogens is 354 g/mol. The topological polar surface area (TPSA) is 73.2 Å². The average Bonchev–Trinajstić information content (AvgIpc) is 2.64. The van der Waals surface area contributed by atoms with Gasteiger partial charge in [0.2, 0.25) is 5.43 Å². The van der Waals surface area contributed by atoms with Gasteiger partial charge in [-0.15, -0.1) is 0 Å². The lowest BCUT2D eigenvalue weighted by atomic mass is 10.2. The van der Waals surface area contributed by atoms with Gasteiger partial charge in [0, 0.05) is 29.9 Å². The van der Waals surface area contributed by atoms with Gasteiger partial charge in [0.1, 0.15) is 12.3 Å². The number of aryl methyl sites for hydroxylation is 1. The third kappa shape index (κ3) is 4.10. The lowest BCUT2D eigenvalue weighted by molar-refractivity contribution is 0.101. The van der Waals surface area contributed by atoms with Crippen LogP contribution in [0.25, 0.3) is 0 Å². The van der Waals surface area contributed by atoms with Crippen LogP contribution in [-0.2, 0) is 13.7 Å². The van der Waals surface area contributed by atoms with E-state index in [1.807, 2.05) is 18.2 Å². The van der Waals surface area contributed by atoms with Crippen LogP contribution in [0.2, 0.25) is 5.02 Å². The fraction of sp³-hybridized carbons (Fsp3) is 0.105. The van der Waals surface area contributed by atoms with Crippen molar-refractivity contribution in [1.29, 1.82) is 0 Å². The van der Waals surface area contributed by atoms with E-state index in [9.17, 15) is 9.59 Å². The Morgan fingerprint density at radius 1 is 1.27 bits per heavy atom. The van der Waals surface area contributed by atoms with Gasteiger partial charge in [0.25, 0.3) is 5.91 Å². The second-order valence-corrected chi connectivity index (χ2v) is 5.98. The van der Waals surface area contributed by atoms with Crippen molar-refractivity contribution in [3.05, 3.63) is 87.6 Å². The summed E-state index contributed by atoms with van der Waals surface area (Å²) in [5.74, 6) is -0.263. The Balaban J connectivity index is 1.77. The smallest absolute Gasteiger partial charge is 0.272 e. The summed E-state index contributed by atoms with van der Waals surface area (Å²) in [5, 5.41) is 3.26. The number of hydrogen-bond donors (Lipinski definition) is 1. The van der Waals surface area contributed by atoms with E-state index < -0.39 is 5.91 Å². The molecule has 0 aliphatic heterocycles. The van der Waals surface area contributed by atoms with Gasteiger partial charge in [-0.2, -0.15) is 0 Å². The number of carbonyl (C=O) groups is 1. The monoisotopic (exact) mass is 369 g/mol. The summed E-state index contributed by atoms with van der Waals surface area (Å²) >= 11 is 6.08. The second-order valence-electron chi connectivity index (χ2n) is 5.57. The first-order valence-electron chi connectivity index (χ1n) is 7.83. The van der Waals surface area contributed by atoms with Crippen LogP contribution in [0.1, 0.15) is 16.1 Å². The number of carbonyl (C=O) groups excluding carboxylic acids is 1. The Kier molecular flexibility index (Phi) is 5.34. The molecule has 2 heterocycles. The summed E-state index contributed by atoms with van der Waals surface area (Å²) in [6, 6.07) is 11.9. The third-order valence-corrected chi connectivity index (χ3v) is 4.06. The fourth-order valence-corrected chi connectivity index (χ4v) is 2.53. The van der Waals surface area contributed by atoms with Crippen molar-refractivity contribution >= 4 is 23.2 Å². The van der Waals surface area contributed by atoms with Gasteiger partial charge in [-0.25, -0.2) is 0 Å². The largest absolute Gasteiger partial charge is 0.483 e. The lowest BCUT2D eigenvalue weighted by Gasteiger charge is -2.12. The first-order valence-corrected chi connectivity index (χ1v) is 8.20. The highest BCUT2D eigenvalue weighted by Gasteiger charge is 2.13. The van der Waals surface area contributed by atoms with E-state index in [1.165, 1.54) is 23.0 Å². The van der Waals surface area contributed by atoms with Crippen LogP contribution in [0, 0.1) is 0 Å². The van der Waals surface area contributed by atoms with Crippen LogP contribution >= 0.6 is 11.6 Å². The molecular formula is C19H16ClN3O3. The van der Waals surface area contributed by atoms with Gasteiger partial charge >= 0.3 is 0 Å². The standard InChI is InChI=1S/C19H16ClN3O3/c1-23-11-18(26-12-13-5-2-3-7-15(13)20)17(24)9-16(23)19(25)22-14-6-4-8-21-10-14/h2-11H,12H2,1H3,(H,22,25). The quantitative estimate of drug-likeness (QED) is 0.749. The highest BCUT2D eigenvalue weighted by atomic mass is 35.5. The summed E-state index contributed by atoms with van der Waals surface area (Å²) in [6.07, 6.45) is 4.62. The number of aromatic nitrogens is 2. The number of halogens is 1. The van der Waals surface area contributed by atoms with Crippen LogP contribution in [0.4, 0.5) is 5.69 Å². The predicted octanol–water partition coefficient (Wildman–Crippen LogP) is 3.27. The molecule has 3 rings (SSSR count). The minimum atomic E-state index is -0.407. The molecule has 1 N–H and O–H groups in total. The predicted molar refractivity (Wildman–Crippen MR) is 99.7 cm³/mol. The highest BCUT2D eigenvalue weighted by molar-refractivity contribution is 6.31. The average molecular weight is 370 g/mol. The van der Waals surface area contributed by atoms with Crippen molar-refractivity contribution in [2.75, 3.05) is 5.32 Å². The van der Waals surface area contributed by atoms with Crippen molar-refractivity contribution in [3.8, 4) is 5.75 Å². The fourth-order valence-electron chi connectivity index (χ4n) is 2.34. The number of rotatable bonds is 5. The Bertz CT molecular complexity index is 987. The summed E-state index contributed by atoms with van der Waals surface area (Å²) < 4.78 is 7.11. The van der Waals surface area contributed by atoms with Crippen molar-refractivity contribution in [2.45, 2.75) is 6.61 Å². The SMILES string of the molecule is Cn1cc(OCc2ccccc2Cl)c(=O)cc1C(=O)Nc1cccnc1. The third-order valence-electron chi connectivity index (χ3n) is 3.69. The molecule has 0 bridgehead atoms. The number of nitrogens with one attached hydrogen (secondary N) is 1. The summed E-state index contributed by atoms with van der Waals surface area (Å²) in [7, 11) is 1.67. The molecule has 0 saturated carbocycles. The zero-order chi connectivity index (χ0) is 18.5. The van der Waals surface area contributed by atoms with Gasteiger partial charge in [0.05, 0.1) is 18.1 Å². The zero-order valence-corrected chi connectivity index (χ0v) is 14.7. The molecule has 0 atom stereocenters. The second kappa shape index (κ2) is 7.84. The van der Waals surface area contributed by atoms with E-state index in [1.54, 1.807) is 31.4 Å². The maximum atomic E-state index is 12.4. The van der Waals surface area contributed by atoms with E-state index in [2.05, 4.69) is 10.3 Å². The summed E-state index contributed by atoms with van der Waals surface area (Å²) in [5.41, 5.74) is 1.15. The molecule has 0 aliphatic rings. The molecule has 2 aromatic heterocycles. The molecule has 0 radical (unpaired) electrons. The van der Waals surface area contributed by atoms with Crippen LogP contribution in [-0.4, -0.2) is 15.5 Å². The first-order chi connectivity index (χ1) is 12.5. The van der Waals surface area contributed by atoms with Gasteiger partial charge in [0.15, 0.2) is 5.75 Å². The number of amides is 1. The molecule has 26 heavy (non-hydrogen) atoms. The number of hydrogen-bond acceptors (Lipinski definition) is 4. The summed E-state index contributed by atoms with van der Waals surface area (Å²) in [6.45, 7) is 0.163. The number of pyridine rings is 2. The maximum absolute atomic E-state index is 12.4.